The molecular formula is C32H36N2O5. The number of unbranched alkanes of at least 4 members (excludes halogenated alkanes) is 3. The van der Waals surface area contributed by atoms with Gasteiger partial charge in [-0.25, -0.2) is 0 Å². The number of aromatic hydroxyl groups is 1. The van der Waals surface area contributed by atoms with E-state index >= 15 is 0 Å². The number of para-hydroxylation sites is 1. The summed E-state index contributed by atoms with van der Waals surface area (Å²) < 4.78 is 11.0. The number of phenols is 1. The SMILES string of the molecule is CCCCCCC(=O)C(c1ccc(O)cc1)N(C(=O)Cc1c[nH]c2ccccc12)c1ccc(OC)c(OC)c1. The van der Waals surface area contributed by atoms with Crippen LogP contribution in [0, 0.1) is 0 Å². The average molecular weight is 529 g/mol. The monoisotopic (exact) mass is 528 g/mol. The lowest BCUT2D eigenvalue weighted by Gasteiger charge is -2.32. The Hall–Kier alpha value is -4.26. The van der Waals surface area contributed by atoms with Gasteiger partial charge in [0.2, 0.25) is 5.91 Å². The molecule has 7 heteroatoms. The van der Waals surface area contributed by atoms with Crippen LogP contribution < -0.4 is 14.4 Å². The fraction of sp³-hybridized carbons (Fsp3) is 0.312. The van der Waals surface area contributed by atoms with Crippen LogP contribution in [0.1, 0.15) is 56.2 Å². The Morgan fingerprint density at radius 3 is 2.38 bits per heavy atom. The summed E-state index contributed by atoms with van der Waals surface area (Å²) >= 11 is 0. The fourth-order valence-electron chi connectivity index (χ4n) is 4.94. The van der Waals surface area contributed by atoms with Gasteiger partial charge < -0.3 is 19.6 Å². The Kier molecular flexibility index (Phi) is 9.26. The maximum Gasteiger partial charge on any atom is 0.232 e. The third-order valence-electron chi connectivity index (χ3n) is 6.98. The van der Waals surface area contributed by atoms with Crippen LogP contribution in [0.25, 0.3) is 10.9 Å². The van der Waals surface area contributed by atoms with Gasteiger partial charge in [-0.2, -0.15) is 0 Å². The molecule has 0 saturated carbocycles. The lowest BCUT2D eigenvalue weighted by atomic mass is 9.95. The quantitative estimate of drug-likeness (QED) is 0.187. The molecule has 1 atom stereocenters. The van der Waals surface area contributed by atoms with Crippen molar-refractivity contribution in [1.82, 2.24) is 4.98 Å². The normalized spacial score (nSPS) is 11.8. The number of hydrogen-bond donors (Lipinski definition) is 2. The Bertz CT molecular complexity index is 1410. The zero-order valence-corrected chi connectivity index (χ0v) is 22.8. The number of benzene rings is 3. The van der Waals surface area contributed by atoms with Crippen molar-refractivity contribution in [3.05, 3.63) is 84.1 Å². The molecule has 3 aromatic carbocycles. The molecule has 1 amide bonds. The van der Waals surface area contributed by atoms with Gasteiger partial charge in [-0.05, 0) is 47.9 Å². The summed E-state index contributed by atoms with van der Waals surface area (Å²) in [4.78, 5) is 32.9. The Morgan fingerprint density at radius 2 is 1.67 bits per heavy atom. The maximum atomic E-state index is 14.2. The van der Waals surface area contributed by atoms with Gasteiger partial charge in [0.05, 0.1) is 20.6 Å². The lowest BCUT2D eigenvalue weighted by molar-refractivity contribution is -0.125. The van der Waals surface area contributed by atoms with Crippen molar-refractivity contribution in [2.45, 2.75) is 51.5 Å². The van der Waals surface area contributed by atoms with E-state index in [4.69, 9.17) is 9.47 Å². The summed E-state index contributed by atoms with van der Waals surface area (Å²) in [7, 11) is 3.09. The second-order valence-corrected chi connectivity index (χ2v) is 9.61. The second-order valence-electron chi connectivity index (χ2n) is 9.61. The van der Waals surface area contributed by atoms with Gasteiger partial charge in [0.15, 0.2) is 17.3 Å². The van der Waals surface area contributed by atoms with Gasteiger partial charge in [-0.3, -0.25) is 14.5 Å². The number of amides is 1. The molecule has 1 unspecified atom stereocenters. The average Bonchev–Trinajstić information content (AvgIpc) is 3.36. The van der Waals surface area contributed by atoms with Crippen LogP contribution in [0.5, 0.6) is 17.2 Å². The molecule has 39 heavy (non-hydrogen) atoms. The summed E-state index contributed by atoms with van der Waals surface area (Å²) in [6.45, 7) is 2.13. The van der Waals surface area contributed by atoms with Gasteiger partial charge in [0.25, 0.3) is 0 Å². The first-order valence-electron chi connectivity index (χ1n) is 13.4. The van der Waals surface area contributed by atoms with Crippen molar-refractivity contribution >= 4 is 28.3 Å². The topological polar surface area (TPSA) is 91.9 Å². The van der Waals surface area contributed by atoms with E-state index in [1.807, 2.05) is 30.5 Å². The molecule has 2 N–H and O–H groups in total. The number of aromatic amines is 1. The smallest absolute Gasteiger partial charge is 0.232 e. The van der Waals surface area contributed by atoms with Crippen molar-refractivity contribution in [1.29, 1.82) is 0 Å². The van der Waals surface area contributed by atoms with Crippen LogP contribution in [0.3, 0.4) is 0 Å². The molecule has 0 aliphatic heterocycles. The van der Waals surface area contributed by atoms with Gasteiger partial charge in [-0.1, -0.05) is 56.5 Å². The molecule has 0 aliphatic carbocycles. The van der Waals surface area contributed by atoms with Crippen LogP contribution in [-0.2, 0) is 16.0 Å². The van der Waals surface area contributed by atoms with E-state index in [0.717, 1.165) is 42.1 Å². The molecule has 0 saturated heterocycles. The van der Waals surface area contributed by atoms with E-state index in [2.05, 4.69) is 11.9 Å². The molecule has 0 radical (unpaired) electrons. The van der Waals surface area contributed by atoms with Crippen molar-refractivity contribution in [2.75, 3.05) is 19.1 Å². The van der Waals surface area contributed by atoms with Crippen molar-refractivity contribution in [3.63, 3.8) is 0 Å². The third-order valence-corrected chi connectivity index (χ3v) is 6.98. The zero-order valence-electron chi connectivity index (χ0n) is 22.8. The molecule has 4 aromatic rings. The minimum atomic E-state index is -0.872. The number of ketones is 1. The number of fused-ring (bicyclic) bond motifs is 1. The predicted molar refractivity (Wildman–Crippen MR) is 154 cm³/mol. The molecular weight excluding hydrogens is 492 g/mol. The molecule has 1 heterocycles. The molecule has 0 bridgehead atoms. The number of hydrogen-bond acceptors (Lipinski definition) is 5. The maximum absolute atomic E-state index is 14.2. The molecule has 7 nitrogen and oxygen atoms in total. The molecule has 4 rings (SSSR count). The number of nitrogens with zero attached hydrogens (tertiary/aromatic N) is 1. The standard InChI is InChI=1S/C32H36N2O5/c1-4-5-6-7-12-28(36)32(22-13-16-25(35)17-14-22)34(24-15-18-29(38-2)30(20-24)39-3)31(37)19-23-21-33-27-11-9-8-10-26(23)27/h8-11,13-18,20-21,32-33,35H,4-7,12,19H2,1-3H3. The highest BCUT2D eigenvalue weighted by Crippen LogP contribution is 2.37. The third kappa shape index (κ3) is 6.42. The minimum Gasteiger partial charge on any atom is -0.508 e. The number of H-pyrrole nitrogens is 1. The number of phenolic OH excluding ortho intramolecular Hbond substituents is 1. The largest absolute Gasteiger partial charge is 0.508 e. The Morgan fingerprint density at radius 1 is 0.923 bits per heavy atom. The minimum absolute atomic E-state index is 0.0566. The first-order valence-corrected chi connectivity index (χ1v) is 13.4. The number of nitrogens with one attached hydrogen (secondary N) is 1. The molecule has 0 aliphatic rings. The summed E-state index contributed by atoms with van der Waals surface area (Å²) in [6.07, 6.45) is 6.09. The lowest BCUT2D eigenvalue weighted by Crippen LogP contribution is -2.40. The summed E-state index contributed by atoms with van der Waals surface area (Å²) in [5, 5.41) is 10.9. The number of aromatic nitrogens is 1. The number of methoxy groups -OCH3 is 2. The van der Waals surface area contributed by atoms with Gasteiger partial charge in [0.1, 0.15) is 11.8 Å². The highest BCUT2D eigenvalue weighted by Gasteiger charge is 2.33. The van der Waals surface area contributed by atoms with Crippen LogP contribution in [0.4, 0.5) is 5.69 Å². The number of Topliss-reactive ketones (excluding diaryl/α,β-unsaturated/α-hetero) is 1. The number of anilines is 1. The van der Waals surface area contributed by atoms with Gasteiger partial charge >= 0.3 is 0 Å². The highest BCUT2D eigenvalue weighted by atomic mass is 16.5. The van der Waals surface area contributed by atoms with E-state index in [-0.39, 0.29) is 23.9 Å². The van der Waals surface area contributed by atoms with Crippen LogP contribution >= 0.6 is 0 Å². The van der Waals surface area contributed by atoms with Crippen molar-refractivity contribution < 1.29 is 24.2 Å². The van der Waals surface area contributed by atoms with Gasteiger partial charge in [0, 0.05) is 35.3 Å². The van der Waals surface area contributed by atoms with E-state index in [1.54, 1.807) is 54.5 Å². The predicted octanol–water partition coefficient (Wildman–Crippen LogP) is 6.75. The molecule has 0 spiro atoms. The van der Waals surface area contributed by atoms with Crippen LogP contribution in [0.2, 0.25) is 0 Å². The number of ether oxygens (including phenoxy) is 2. The second kappa shape index (κ2) is 13.0. The Labute approximate surface area is 229 Å². The Balaban J connectivity index is 1.80. The number of rotatable bonds is 13. The van der Waals surface area contributed by atoms with E-state index in [0.29, 0.717) is 29.2 Å². The van der Waals surface area contributed by atoms with Crippen molar-refractivity contribution in [3.8, 4) is 17.2 Å². The number of carbonyl (C=O) groups excluding carboxylic acids is 2. The molecule has 204 valence electrons. The summed E-state index contributed by atoms with van der Waals surface area (Å²) in [5.74, 6) is 0.790. The van der Waals surface area contributed by atoms with Crippen LogP contribution in [-0.4, -0.2) is 36.0 Å². The first kappa shape index (κ1) is 27.8. The van der Waals surface area contributed by atoms with E-state index < -0.39 is 6.04 Å². The highest BCUT2D eigenvalue weighted by molar-refractivity contribution is 6.04. The fourth-order valence-corrected chi connectivity index (χ4v) is 4.94. The summed E-state index contributed by atoms with van der Waals surface area (Å²) in [5.41, 5.74) is 2.95. The van der Waals surface area contributed by atoms with Crippen LogP contribution in [0.15, 0.2) is 72.9 Å². The van der Waals surface area contributed by atoms with Crippen molar-refractivity contribution in [2.24, 2.45) is 0 Å². The zero-order chi connectivity index (χ0) is 27.8. The van der Waals surface area contributed by atoms with E-state index in [1.165, 1.54) is 7.11 Å². The first-order chi connectivity index (χ1) is 19.0. The van der Waals surface area contributed by atoms with E-state index in [9.17, 15) is 14.7 Å². The summed E-state index contributed by atoms with van der Waals surface area (Å²) in [6, 6.07) is 18.7. The number of carbonyl (C=O) groups is 2. The molecule has 0 fully saturated rings. The van der Waals surface area contributed by atoms with Gasteiger partial charge in [-0.15, -0.1) is 0 Å². The molecule has 1 aromatic heterocycles.